The zero-order chi connectivity index (χ0) is 13.5. The van der Waals surface area contributed by atoms with Crippen molar-refractivity contribution in [3.8, 4) is 0 Å². The van der Waals surface area contributed by atoms with Crippen molar-refractivity contribution in [1.29, 1.82) is 0 Å². The second-order valence-electron chi connectivity index (χ2n) is 5.59. The molecular formula is C14H25NO3. The van der Waals surface area contributed by atoms with Crippen LogP contribution in [0.5, 0.6) is 0 Å². The van der Waals surface area contributed by atoms with Crippen LogP contribution in [0.25, 0.3) is 0 Å². The molecule has 1 amide bonds. The number of esters is 1. The Morgan fingerprint density at radius 3 is 2.33 bits per heavy atom. The average molecular weight is 255 g/mol. The lowest BCUT2D eigenvalue weighted by atomic mass is 9.88. The molecule has 18 heavy (non-hydrogen) atoms. The summed E-state index contributed by atoms with van der Waals surface area (Å²) in [6, 6.07) is -0.543. The van der Waals surface area contributed by atoms with Crippen LogP contribution in [-0.4, -0.2) is 24.5 Å². The summed E-state index contributed by atoms with van der Waals surface area (Å²) in [6.07, 6.45) is 5.34. The smallest absolute Gasteiger partial charge is 0.328 e. The minimum Gasteiger partial charge on any atom is -0.464 e. The topological polar surface area (TPSA) is 55.4 Å². The molecule has 1 fully saturated rings. The van der Waals surface area contributed by atoms with Crippen LogP contribution in [0.4, 0.5) is 0 Å². The van der Waals surface area contributed by atoms with Gasteiger partial charge in [-0.05, 0) is 25.7 Å². The summed E-state index contributed by atoms with van der Waals surface area (Å²) in [5.41, 5.74) is 0. The Bertz CT molecular complexity index is 283. The van der Waals surface area contributed by atoms with Crippen molar-refractivity contribution in [3.05, 3.63) is 0 Å². The van der Waals surface area contributed by atoms with Crippen LogP contribution < -0.4 is 5.32 Å². The fraction of sp³-hybridized carbons (Fsp3) is 0.857. The Hall–Kier alpha value is -1.06. The Morgan fingerprint density at radius 2 is 1.78 bits per heavy atom. The Balaban J connectivity index is 2.31. The lowest BCUT2D eigenvalue weighted by molar-refractivity contribution is -0.148. The van der Waals surface area contributed by atoms with Crippen LogP contribution in [0.1, 0.15) is 52.9 Å². The molecule has 1 N–H and O–H groups in total. The van der Waals surface area contributed by atoms with Gasteiger partial charge >= 0.3 is 5.97 Å². The van der Waals surface area contributed by atoms with Gasteiger partial charge in [0.2, 0.25) is 5.91 Å². The summed E-state index contributed by atoms with van der Waals surface area (Å²) in [4.78, 5) is 23.6. The van der Waals surface area contributed by atoms with E-state index in [2.05, 4.69) is 5.32 Å². The van der Waals surface area contributed by atoms with Crippen molar-refractivity contribution < 1.29 is 14.3 Å². The second-order valence-corrected chi connectivity index (χ2v) is 5.59. The van der Waals surface area contributed by atoms with E-state index in [1.54, 1.807) is 6.92 Å². The molecule has 0 aromatic heterocycles. The maximum Gasteiger partial charge on any atom is 0.328 e. The van der Waals surface area contributed by atoms with Gasteiger partial charge in [0.25, 0.3) is 0 Å². The van der Waals surface area contributed by atoms with E-state index in [1.807, 2.05) is 13.8 Å². The molecule has 0 aliphatic heterocycles. The lowest BCUT2D eigenvalue weighted by Crippen LogP contribution is -2.43. The van der Waals surface area contributed by atoms with Crippen LogP contribution in [0, 0.1) is 11.8 Å². The van der Waals surface area contributed by atoms with Crippen molar-refractivity contribution in [2.45, 2.75) is 58.9 Å². The van der Waals surface area contributed by atoms with E-state index in [0.29, 0.717) is 12.5 Å². The molecule has 0 bridgehead atoms. The van der Waals surface area contributed by atoms with Crippen molar-refractivity contribution in [2.75, 3.05) is 6.61 Å². The Kier molecular flexibility index (Phi) is 6.16. The summed E-state index contributed by atoms with van der Waals surface area (Å²) < 4.78 is 5.10. The summed E-state index contributed by atoms with van der Waals surface area (Å²) in [5, 5.41) is 2.76. The van der Waals surface area contributed by atoms with E-state index in [-0.39, 0.29) is 17.8 Å². The standard InChI is InChI=1S/C14H25NO3/c1-10(2)9-18-14(17)11(3)15-13(16)12-7-5-4-6-8-12/h10-12H,4-9H2,1-3H3,(H,15,16)/t11-/m1/s1. The number of hydrogen-bond acceptors (Lipinski definition) is 3. The first-order chi connectivity index (χ1) is 8.50. The van der Waals surface area contributed by atoms with E-state index in [4.69, 9.17) is 4.74 Å². The maximum absolute atomic E-state index is 11.9. The van der Waals surface area contributed by atoms with Gasteiger partial charge in [-0.3, -0.25) is 4.79 Å². The Morgan fingerprint density at radius 1 is 1.17 bits per heavy atom. The van der Waals surface area contributed by atoms with Crippen molar-refractivity contribution >= 4 is 11.9 Å². The Labute approximate surface area is 109 Å². The van der Waals surface area contributed by atoms with E-state index in [9.17, 15) is 9.59 Å². The maximum atomic E-state index is 11.9. The monoisotopic (exact) mass is 255 g/mol. The van der Waals surface area contributed by atoms with Crippen molar-refractivity contribution in [3.63, 3.8) is 0 Å². The van der Waals surface area contributed by atoms with Crippen LogP contribution in [0.2, 0.25) is 0 Å². The van der Waals surface area contributed by atoms with E-state index < -0.39 is 6.04 Å². The molecule has 1 rings (SSSR count). The molecule has 0 radical (unpaired) electrons. The molecule has 0 spiro atoms. The number of nitrogens with one attached hydrogen (secondary N) is 1. The average Bonchev–Trinajstić information content (AvgIpc) is 2.36. The van der Waals surface area contributed by atoms with Gasteiger partial charge in [0.15, 0.2) is 0 Å². The third-order valence-electron chi connectivity index (χ3n) is 3.25. The van der Waals surface area contributed by atoms with E-state index >= 15 is 0 Å². The molecule has 1 atom stereocenters. The molecular weight excluding hydrogens is 230 g/mol. The van der Waals surface area contributed by atoms with Gasteiger partial charge in [-0.2, -0.15) is 0 Å². The summed E-state index contributed by atoms with van der Waals surface area (Å²) in [6.45, 7) is 6.06. The molecule has 1 aliphatic rings. The van der Waals surface area contributed by atoms with Crippen LogP contribution in [0.3, 0.4) is 0 Å². The van der Waals surface area contributed by atoms with Crippen LogP contribution in [0.15, 0.2) is 0 Å². The summed E-state index contributed by atoms with van der Waals surface area (Å²) in [7, 11) is 0. The number of hydrogen-bond donors (Lipinski definition) is 1. The number of rotatable bonds is 5. The SMILES string of the molecule is CC(C)COC(=O)[C@@H](C)NC(=O)C1CCCCC1. The highest BCUT2D eigenvalue weighted by Gasteiger charge is 2.24. The molecule has 4 nitrogen and oxygen atoms in total. The fourth-order valence-corrected chi connectivity index (χ4v) is 2.13. The number of amides is 1. The summed E-state index contributed by atoms with van der Waals surface area (Å²) >= 11 is 0. The highest BCUT2D eigenvalue weighted by molar-refractivity contribution is 5.85. The normalized spacial score (nSPS) is 18.4. The number of carbonyl (C=O) groups excluding carboxylic acids is 2. The molecule has 0 aromatic carbocycles. The lowest BCUT2D eigenvalue weighted by Gasteiger charge is -2.22. The molecule has 1 aliphatic carbocycles. The second kappa shape index (κ2) is 7.39. The van der Waals surface area contributed by atoms with Gasteiger partial charge in [0.05, 0.1) is 6.61 Å². The fourth-order valence-electron chi connectivity index (χ4n) is 2.13. The van der Waals surface area contributed by atoms with Gasteiger partial charge in [-0.25, -0.2) is 4.79 Å². The van der Waals surface area contributed by atoms with Gasteiger partial charge in [-0.15, -0.1) is 0 Å². The first-order valence-corrected chi connectivity index (χ1v) is 6.97. The summed E-state index contributed by atoms with van der Waals surface area (Å²) in [5.74, 6) is 0.0610. The van der Waals surface area contributed by atoms with Gasteiger partial charge in [0.1, 0.15) is 6.04 Å². The minimum atomic E-state index is -0.543. The van der Waals surface area contributed by atoms with Crippen molar-refractivity contribution in [1.82, 2.24) is 5.32 Å². The highest BCUT2D eigenvalue weighted by Crippen LogP contribution is 2.23. The van der Waals surface area contributed by atoms with Gasteiger partial charge in [-0.1, -0.05) is 33.1 Å². The molecule has 0 heterocycles. The quantitative estimate of drug-likeness (QED) is 0.767. The molecule has 1 saturated carbocycles. The first kappa shape index (κ1) is 15.0. The van der Waals surface area contributed by atoms with Gasteiger partial charge < -0.3 is 10.1 Å². The van der Waals surface area contributed by atoms with Gasteiger partial charge in [0, 0.05) is 5.92 Å². The predicted octanol–water partition coefficient (Wildman–Crippen LogP) is 2.27. The molecule has 0 unspecified atom stereocenters. The van der Waals surface area contributed by atoms with Crippen LogP contribution in [-0.2, 0) is 14.3 Å². The molecule has 0 aromatic rings. The van der Waals surface area contributed by atoms with E-state index in [0.717, 1.165) is 25.7 Å². The minimum absolute atomic E-state index is 0.00342. The highest BCUT2D eigenvalue weighted by atomic mass is 16.5. The first-order valence-electron chi connectivity index (χ1n) is 6.97. The van der Waals surface area contributed by atoms with E-state index in [1.165, 1.54) is 6.42 Å². The van der Waals surface area contributed by atoms with Crippen molar-refractivity contribution in [2.24, 2.45) is 11.8 Å². The third-order valence-corrected chi connectivity index (χ3v) is 3.25. The number of carbonyl (C=O) groups is 2. The molecule has 104 valence electrons. The zero-order valence-electron chi connectivity index (χ0n) is 11.7. The largest absolute Gasteiger partial charge is 0.464 e. The molecule has 4 heteroatoms. The number of ether oxygens (including phenoxy) is 1. The predicted molar refractivity (Wildman–Crippen MR) is 70.0 cm³/mol. The molecule has 0 saturated heterocycles. The third kappa shape index (κ3) is 5.07. The zero-order valence-corrected chi connectivity index (χ0v) is 11.7. The van der Waals surface area contributed by atoms with Crippen LogP contribution >= 0.6 is 0 Å².